The predicted molar refractivity (Wildman–Crippen MR) is 72.2 cm³/mol. The van der Waals surface area contributed by atoms with E-state index >= 15 is 0 Å². The zero-order chi connectivity index (χ0) is 11.3. The highest BCUT2D eigenvalue weighted by Crippen LogP contribution is 2.27. The van der Waals surface area contributed by atoms with Crippen molar-refractivity contribution in [2.75, 3.05) is 5.75 Å². The molecule has 0 radical (unpaired) electrons. The summed E-state index contributed by atoms with van der Waals surface area (Å²) in [6.45, 7) is 7.21. The second-order valence-corrected chi connectivity index (χ2v) is 12.3. The first-order valence-electron chi connectivity index (χ1n) is 5.83. The van der Waals surface area contributed by atoms with Gasteiger partial charge >= 0.3 is 0 Å². The average Bonchev–Trinajstić information content (AvgIpc) is 2.27. The van der Waals surface area contributed by atoms with E-state index in [0.29, 0.717) is 5.78 Å². The number of carbonyl (C=O) groups is 1. The van der Waals surface area contributed by atoms with Crippen molar-refractivity contribution in [2.45, 2.75) is 51.4 Å². The Hall–Kier alpha value is -0.0231. The third kappa shape index (κ3) is 6.20. The van der Waals surface area contributed by atoms with Crippen molar-refractivity contribution < 1.29 is 4.79 Å². The first-order chi connectivity index (χ1) is 6.97. The summed E-state index contributed by atoms with van der Waals surface area (Å²) in [7, 11) is -0.904. The van der Waals surface area contributed by atoms with Gasteiger partial charge in [-0.15, -0.1) is 11.8 Å². The number of allylic oxidation sites excluding steroid dienone is 2. The summed E-state index contributed by atoms with van der Waals surface area (Å²) in [6, 6.07) is 1.35. The molecule has 0 unspecified atom stereocenters. The van der Waals surface area contributed by atoms with Crippen LogP contribution in [0.2, 0.25) is 25.7 Å². The van der Waals surface area contributed by atoms with Gasteiger partial charge in [0.2, 0.25) is 0 Å². The zero-order valence-corrected chi connectivity index (χ0v) is 12.0. The van der Waals surface area contributed by atoms with Gasteiger partial charge in [0.1, 0.15) is 0 Å². The minimum Gasteiger partial charge on any atom is -0.295 e. The lowest BCUT2D eigenvalue weighted by molar-refractivity contribution is -0.114. The third-order valence-corrected chi connectivity index (χ3v) is 5.77. The zero-order valence-electron chi connectivity index (χ0n) is 10.1. The Kier molecular flexibility index (Phi) is 5.13. The molecule has 0 N–H and O–H groups in total. The van der Waals surface area contributed by atoms with Crippen molar-refractivity contribution in [1.29, 1.82) is 0 Å². The van der Waals surface area contributed by atoms with Crippen molar-refractivity contribution in [3.8, 4) is 0 Å². The molecule has 0 spiro atoms. The van der Waals surface area contributed by atoms with Crippen LogP contribution in [0.25, 0.3) is 0 Å². The second-order valence-electron chi connectivity index (χ2n) is 5.44. The summed E-state index contributed by atoms with van der Waals surface area (Å²) in [5, 5.41) is 0. The summed E-state index contributed by atoms with van der Waals surface area (Å²) in [6.07, 6.45) is 6.05. The van der Waals surface area contributed by atoms with Crippen molar-refractivity contribution in [1.82, 2.24) is 0 Å². The van der Waals surface area contributed by atoms with Gasteiger partial charge < -0.3 is 0 Å². The van der Waals surface area contributed by atoms with E-state index in [1.54, 1.807) is 0 Å². The van der Waals surface area contributed by atoms with Crippen LogP contribution >= 0.6 is 11.8 Å². The largest absolute Gasteiger partial charge is 0.295 e. The number of thioether (sulfide) groups is 1. The van der Waals surface area contributed by atoms with Gasteiger partial charge in [-0.25, -0.2) is 0 Å². The Labute approximate surface area is 98.7 Å². The van der Waals surface area contributed by atoms with E-state index in [0.717, 1.165) is 19.3 Å². The van der Waals surface area contributed by atoms with E-state index in [1.807, 2.05) is 17.8 Å². The molecule has 86 valence electrons. The molecule has 0 aliphatic heterocycles. The summed E-state index contributed by atoms with van der Waals surface area (Å²) >= 11 is 1.92. The van der Waals surface area contributed by atoms with Crippen LogP contribution in [0.3, 0.4) is 0 Å². The standard InChI is InChI=1S/C12H22OSSi/c1-15(2,3)9-8-14-12-7-5-4-6-11(13)10-12/h10H,4-9H2,1-3H3. The van der Waals surface area contributed by atoms with E-state index in [2.05, 4.69) is 19.6 Å². The van der Waals surface area contributed by atoms with Gasteiger partial charge in [0.25, 0.3) is 0 Å². The molecule has 0 aromatic carbocycles. The van der Waals surface area contributed by atoms with Crippen LogP contribution in [0.5, 0.6) is 0 Å². The number of hydrogen-bond acceptors (Lipinski definition) is 2. The van der Waals surface area contributed by atoms with Crippen molar-refractivity contribution >= 4 is 25.6 Å². The molecular formula is C12H22OSSi. The molecule has 0 aromatic rings. The molecule has 0 saturated heterocycles. The fourth-order valence-corrected chi connectivity index (χ4v) is 5.15. The molecule has 0 aromatic heterocycles. The smallest absolute Gasteiger partial charge is 0.156 e. The van der Waals surface area contributed by atoms with E-state index in [4.69, 9.17) is 0 Å². The molecule has 0 fully saturated rings. The molecule has 15 heavy (non-hydrogen) atoms. The van der Waals surface area contributed by atoms with Gasteiger partial charge in [-0.3, -0.25) is 4.79 Å². The van der Waals surface area contributed by atoms with Crippen LogP contribution in [0.15, 0.2) is 11.0 Å². The topological polar surface area (TPSA) is 17.1 Å². The third-order valence-electron chi connectivity index (χ3n) is 2.56. The number of ketones is 1. The predicted octanol–water partition coefficient (Wildman–Crippen LogP) is 4.08. The van der Waals surface area contributed by atoms with E-state index in [9.17, 15) is 4.79 Å². The Morgan fingerprint density at radius 1 is 1.27 bits per heavy atom. The molecule has 3 heteroatoms. The van der Waals surface area contributed by atoms with Gasteiger partial charge in [0, 0.05) is 14.5 Å². The molecule has 0 atom stereocenters. The van der Waals surface area contributed by atoms with Crippen LogP contribution in [0.4, 0.5) is 0 Å². The molecule has 1 aliphatic carbocycles. The van der Waals surface area contributed by atoms with Crippen LogP contribution < -0.4 is 0 Å². The van der Waals surface area contributed by atoms with Crippen molar-refractivity contribution in [3.05, 3.63) is 11.0 Å². The highest BCUT2D eigenvalue weighted by molar-refractivity contribution is 8.03. The van der Waals surface area contributed by atoms with Gasteiger partial charge in [0.15, 0.2) is 5.78 Å². The Balaban J connectivity index is 2.34. The lowest BCUT2D eigenvalue weighted by Gasteiger charge is -2.15. The van der Waals surface area contributed by atoms with Crippen LogP contribution in [-0.4, -0.2) is 19.6 Å². The average molecular weight is 242 g/mol. The van der Waals surface area contributed by atoms with E-state index in [1.165, 1.54) is 23.1 Å². The number of hydrogen-bond donors (Lipinski definition) is 0. The summed E-state index contributed by atoms with van der Waals surface area (Å²) in [5.74, 6) is 1.54. The van der Waals surface area contributed by atoms with E-state index in [-0.39, 0.29) is 0 Å². The Bertz CT molecular complexity index is 253. The molecule has 1 aliphatic rings. The fraction of sp³-hybridized carbons (Fsp3) is 0.750. The second kappa shape index (κ2) is 5.90. The number of rotatable bonds is 4. The molecule has 0 saturated carbocycles. The molecule has 1 nitrogen and oxygen atoms in total. The van der Waals surface area contributed by atoms with Crippen molar-refractivity contribution in [3.63, 3.8) is 0 Å². The SMILES string of the molecule is C[Si](C)(C)CCSC1=CC(=O)CCCC1. The van der Waals surface area contributed by atoms with Crippen molar-refractivity contribution in [2.24, 2.45) is 0 Å². The van der Waals surface area contributed by atoms with Crippen LogP contribution in [0, 0.1) is 0 Å². The lowest BCUT2D eigenvalue weighted by atomic mass is 10.2. The van der Waals surface area contributed by atoms with E-state index < -0.39 is 8.07 Å². The number of carbonyl (C=O) groups excluding carboxylic acids is 1. The normalized spacial score (nSPS) is 18.6. The highest BCUT2D eigenvalue weighted by Gasteiger charge is 2.14. The van der Waals surface area contributed by atoms with Gasteiger partial charge in [-0.2, -0.15) is 0 Å². The summed E-state index contributed by atoms with van der Waals surface area (Å²) in [4.78, 5) is 12.7. The molecule has 0 bridgehead atoms. The maximum absolute atomic E-state index is 11.4. The lowest BCUT2D eigenvalue weighted by Crippen LogP contribution is -2.19. The first kappa shape index (κ1) is 13.0. The quantitative estimate of drug-likeness (QED) is 0.691. The van der Waals surface area contributed by atoms with Crippen LogP contribution in [-0.2, 0) is 4.79 Å². The Morgan fingerprint density at radius 3 is 2.60 bits per heavy atom. The first-order valence-corrected chi connectivity index (χ1v) is 10.5. The van der Waals surface area contributed by atoms with Crippen LogP contribution in [0.1, 0.15) is 25.7 Å². The molecule has 0 amide bonds. The van der Waals surface area contributed by atoms with Gasteiger partial charge in [0.05, 0.1) is 0 Å². The molecule has 0 heterocycles. The van der Waals surface area contributed by atoms with Gasteiger partial charge in [-0.1, -0.05) is 19.6 Å². The fourth-order valence-electron chi connectivity index (χ4n) is 1.52. The minimum absolute atomic E-state index is 0.336. The summed E-state index contributed by atoms with van der Waals surface area (Å²) < 4.78 is 0. The highest BCUT2D eigenvalue weighted by atomic mass is 32.2. The molecular weight excluding hydrogens is 220 g/mol. The molecule has 1 rings (SSSR count). The van der Waals surface area contributed by atoms with Gasteiger partial charge in [-0.05, 0) is 42.0 Å². The maximum Gasteiger partial charge on any atom is 0.156 e. The minimum atomic E-state index is -0.904. The monoisotopic (exact) mass is 242 g/mol. The summed E-state index contributed by atoms with van der Waals surface area (Å²) in [5.41, 5.74) is 0. The maximum atomic E-state index is 11.4. The Morgan fingerprint density at radius 2 is 1.93 bits per heavy atom.